The number of aromatic nitrogens is 1. The first-order valence-corrected chi connectivity index (χ1v) is 4.16. The van der Waals surface area contributed by atoms with E-state index >= 15 is 0 Å². The van der Waals surface area contributed by atoms with Crippen molar-refractivity contribution in [2.24, 2.45) is 7.05 Å². The Morgan fingerprint density at radius 3 is 2.55 bits per heavy atom. The molecule has 0 aliphatic carbocycles. The highest BCUT2D eigenvalue weighted by atomic mass is 79.9. The van der Waals surface area contributed by atoms with Crippen LogP contribution in [0.5, 0.6) is 0 Å². The average Bonchev–Trinajstić information content (AvgIpc) is 1.97. The Morgan fingerprint density at radius 1 is 1.45 bits per heavy atom. The molecule has 0 unspecified atom stereocenters. The maximum Gasteiger partial charge on any atom is 0.250 e. The number of hydrogen-bond donors (Lipinski definition) is 0. The highest BCUT2D eigenvalue weighted by Gasteiger charge is 2.02. The molecule has 0 N–H and O–H groups in total. The van der Waals surface area contributed by atoms with Crippen LogP contribution in [0.15, 0.2) is 15.3 Å². The third kappa shape index (κ3) is 1.38. The van der Waals surface area contributed by atoms with Gasteiger partial charge in [-0.05, 0) is 35.3 Å². The van der Waals surface area contributed by atoms with Crippen LogP contribution in [0, 0.1) is 13.8 Å². The summed E-state index contributed by atoms with van der Waals surface area (Å²) in [6, 6.07) is 1.62. The molecule has 1 aromatic heterocycles. The van der Waals surface area contributed by atoms with E-state index in [2.05, 4.69) is 15.9 Å². The maximum absolute atomic E-state index is 11.2. The lowest BCUT2D eigenvalue weighted by atomic mass is 10.2. The van der Waals surface area contributed by atoms with Crippen LogP contribution >= 0.6 is 15.9 Å². The smallest absolute Gasteiger partial charge is 0.250 e. The van der Waals surface area contributed by atoms with E-state index in [0.717, 1.165) is 15.7 Å². The van der Waals surface area contributed by atoms with Crippen LogP contribution in [0.1, 0.15) is 11.3 Å². The van der Waals surface area contributed by atoms with Crippen molar-refractivity contribution in [3.8, 4) is 0 Å². The molecule has 0 saturated heterocycles. The number of halogens is 1. The molecule has 2 nitrogen and oxygen atoms in total. The molecular formula is C8H10BrNO. The molecule has 0 aliphatic rings. The first-order chi connectivity index (χ1) is 5.04. The summed E-state index contributed by atoms with van der Waals surface area (Å²) in [4.78, 5) is 11.2. The lowest BCUT2D eigenvalue weighted by Crippen LogP contribution is -2.18. The minimum Gasteiger partial charge on any atom is -0.315 e. The summed E-state index contributed by atoms with van der Waals surface area (Å²) >= 11 is 3.40. The Hall–Kier alpha value is -0.570. The van der Waals surface area contributed by atoms with Crippen molar-refractivity contribution >= 4 is 15.9 Å². The summed E-state index contributed by atoms with van der Waals surface area (Å²) in [5.74, 6) is 0. The quantitative estimate of drug-likeness (QED) is 0.647. The Morgan fingerprint density at radius 2 is 2.00 bits per heavy atom. The van der Waals surface area contributed by atoms with Gasteiger partial charge in [-0.15, -0.1) is 0 Å². The molecule has 0 atom stereocenters. The van der Waals surface area contributed by atoms with Crippen LogP contribution in [0.25, 0.3) is 0 Å². The van der Waals surface area contributed by atoms with Crippen molar-refractivity contribution < 1.29 is 0 Å². The standard InChI is InChI=1S/C8H10BrNO/c1-5-4-7(11)10(3)6(2)8(5)9/h4H,1-3H3. The van der Waals surface area contributed by atoms with Crippen molar-refractivity contribution in [3.05, 3.63) is 32.2 Å². The molecule has 0 aliphatic heterocycles. The van der Waals surface area contributed by atoms with Gasteiger partial charge >= 0.3 is 0 Å². The van der Waals surface area contributed by atoms with E-state index in [1.165, 1.54) is 0 Å². The minimum absolute atomic E-state index is 0.0446. The van der Waals surface area contributed by atoms with Gasteiger partial charge in [-0.1, -0.05) is 0 Å². The van der Waals surface area contributed by atoms with E-state index in [-0.39, 0.29) is 5.56 Å². The normalized spacial score (nSPS) is 10.2. The van der Waals surface area contributed by atoms with Gasteiger partial charge in [0.1, 0.15) is 0 Å². The first-order valence-electron chi connectivity index (χ1n) is 3.36. The predicted octanol–water partition coefficient (Wildman–Crippen LogP) is 1.76. The number of nitrogens with zero attached hydrogens (tertiary/aromatic N) is 1. The van der Waals surface area contributed by atoms with Gasteiger partial charge in [-0.2, -0.15) is 0 Å². The first kappa shape index (κ1) is 8.53. The summed E-state index contributed by atoms with van der Waals surface area (Å²) in [5.41, 5.74) is 2.00. The zero-order valence-electron chi connectivity index (χ0n) is 6.81. The van der Waals surface area contributed by atoms with E-state index in [0.29, 0.717) is 0 Å². The van der Waals surface area contributed by atoms with Crippen LogP contribution in [0.2, 0.25) is 0 Å². The summed E-state index contributed by atoms with van der Waals surface area (Å²) in [6.45, 7) is 3.83. The number of pyridine rings is 1. The fourth-order valence-electron chi connectivity index (χ4n) is 0.943. The zero-order valence-corrected chi connectivity index (χ0v) is 8.40. The van der Waals surface area contributed by atoms with E-state index in [1.54, 1.807) is 17.7 Å². The molecule has 1 aromatic rings. The van der Waals surface area contributed by atoms with Crippen molar-refractivity contribution in [2.75, 3.05) is 0 Å². The molecule has 0 spiro atoms. The summed E-state index contributed by atoms with van der Waals surface area (Å²) in [6.07, 6.45) is 0. The maximum atomic E-state index is 11.2. The van der Waals surface area contributed by atoms with Crippen molar-refractivity contribution in [1.82, 2.24) is 4.57 Å². The second-order valence-electron chi connectivity index (χ2n) is 2.62. The molecule has 1 rings (SSSR count). The van der Waals surface area contributed by atoms with Gasteiger partial charge in [0.05, 0.1) is 0 Å². The second kappa shape index (κ2) is 2.81. The van der Waals surface area contributed by atoms with Crippen LogP contribution in [0.4, 0.5) is 0 Å². The fourth-order valence-corrected chi connectivity index (χ4v) is 1.32. The summed E-state index contributed by atoms with van der Waals surface area (Å²) < 4.78 is 2.64. The van der Waals surface area contributed by atoms with Gasteiger partial charge in [0.2, 0.25) is 0 Å². The number of aryl methyl sites for hydroxylation is 1. The van der Waals surface area contributed by atoms with Gasteiger partial charge in [-0.25, -0.2) is 0 Å². The summed E-state index contributed by atoms with van der Waals surface area (Å²) in [5, 5.41) is 0. The summed E-state index contributed by atoms with van der Waals surface area (Å²) in [7, 11) is 1.77. The zero-order chi connectivity index (χ0) is 8.59. The van der Waals surface area contributed by atoms with Crippen molar-refractivity contribution in [1.29, 1.82) is 0 Å². The number of hydrogen-bond acceptors (Lipinski definition) is 1. The molecule has 60 valence electrons. The Bertz CT molecular complexity index is 341. The van der Waals surface area contributed by atoms with E-state index < -0.39 is 0 Å². The van der Waals surface area contributed by atoms with E-state index in [1.807, 2.05) is 13.8 Å². The molecule has 0 fully saturated rings. The van der Waals surface area contributed by atoms with Gasteiger partial charge in [0, 0.05) is 23.3 Å². The molecule has 0 saturated carbocycles. The lowest BCUT2D eigenvalue weighted by Gasteiger charge is -2.06. The third-order valence-corrected chi connectivity index (χ3v) is 3.04. The highest BCUT2D eigenvalue weighted by Crippen LogP contribution is 2.17. The second-order valence-corrected chi connectivity index (χ2v) is 3.42. The van der Waals surface area contributed by atoms with Crippen LogP contribution in [-0.4, -0.2) is 4.57 Å². The van der Waals surface area contributed by atoms with Crippen LogP contribution < -0.4 is 5.56 Å². The van der Waals surface area contributed by atoms with Gasteiger partial charge in [0.15, 0.2) is 0 Å². The van der Waals surface area contributed by atoms with Crippen molar-refractivity contribution in [2.45, 2.75) is 13.8 Å². The Labute approximate surface area is 74.0 Å². The molecule has 0 aromatic carbocycles. The molecule has 0 amide bonds. The SMILES string of the molecule is Cc1cc(=O)n(C)c(C)c1Br. The Balaban J connectivity index is 3.59. The van der Waals surface area contributed by atoms with Crippen LogP contribution in [-0.2, 0) is 7.05 Å². The van der Waals surface area contributed by atoms with Crippen molar-refractivity contribution in [3.63, 3.8) is 0 Å². The monoisotopic (exact) mass is 215 g/mol. The molecule has 1 heterocycles. The predicted molar refractivity (Wildman–Crippen MR) is 48.9 cm³/mol. The largest absolute Gasteiger partial charge is 0.315 e. The lowest BCUT2D eigenvalue weighted by molar-refractivity contribution is 0.808. The van der Waals surface area contributed by atoms with E-state index in [9.17, 15) is 4.79 Å². The molecular weight excluding hydrogens is 206 g/mol. The molecule has 0 bridgehead atoms. The van der Waals surface area contributed by atoms with E-state index in [4.69, 9.17) is 0 Å². The third-order valence-electron chi connectivity index (χ3n) is 1.84. The molecule has 11 heavy (non-hydrogen) atoms. The molecule has 3 heteroatoms. The van der Waals surface area contributed by atoms with Gasteiger partial charge < -0.3 is 4.57 Å². The van der Waals surface area contributed by atoms with Gasteiger partial charge in [0.25, 0.3) is 5.56 Å². The topological polar surface area (TPSA) is 22.0 Å². The minimum atomic E-state index is 0.0446. The average molecular weight is 216 g/mol. The highest BCUT2D eigenvalue weighted by molar-refractivity contribution is 9.10. The number of rotatable bonds is 0. The van der Waals surface area contributed by atoms with Gasteiger partial charge in [-0.3, -0.25) is 4.79 Å². The van der Waals surface area contributed by atoms with Crippen LogP contribution in [0.3, 0.4) is 0 Å². The fraction of sp³-hybridized carbons (Fsp3) is 0.375. The Kier molecular flexibility index (Phi) is 2.18. The molecule has 0 radical (unpaired) electrons.